The topological polar surface area (TPSA) is 48.0 Å². The van der Waals surface area contributed by atoms with Crippen LogP contribution in [0.15, 0.2) is 30.3 Å². The van der Waals surface area contributed by atoms with Gasteiger partial charge in [-0.3, -0.25) is 4.79 Å². The summed E-state index contributed by atoms with van der Waals surface area (Å²) in [4.78, 5) is 14.3. The van der Waals surface area contributed by atoms with Gasteiger partial charge in [-0.2, -0.15) is 0 Å². The number of alkyl halides is 3. The maximum Gasteiger partial charge on any atom is 0.573 e. The number of fused-ring (bicyclic) bond motifs is 2. The van der Waals surface area contributed by atoms with Crippen LogP contribution in [0.1, 0.15) is 15.9 Å². The van der Waals surface area contributed by atoms with E-state index in [1.807, 2.05) is 0 Å². The minimum atomic E-state index is -4.76. The van der Waals surface area contributed by atoms with Crippen LogP contribution in [0.2, 0.25) is 0 Å². The van der Waals surface area contributed by atoms with Gasteiger partial charge in [-0.15, -0.1) is 13.2 Å². The Morgan fingerprint density at radius 3 is 2.54 bits per heavy atom. The molecule has 2 heterocycles. The minimum Gasteiger partial charge on any atom is -0.454 e. The summed E-state index contributed by atoms with van der Waals surface area (Å²) in [6.45, 7) is 0.619. The Kier molecular flexibility index (Phi) is 3.71. The highest BCUT2D eigenvalue weighted by atomic mass is 19.4. The van der Waals surface area contributed by atoms with Crippen LogP contribution in [0.25, 0.3) is 11.1 Å². The highest BCUT2D eigenvalue weighted by molar-refractivity contribution is 6.05. The second-order valence-electron chi connectivity index (χ2n) is 6.07. The first-order chi connectivity index (χ1) is 12.3. The van der Waals surface area contributed by atoms with Gasteiger partial charge in [0.15, 0.2) is 11.5 Å². The summed E-state index contributed by atoms with van der Waals surface area (Å²) < 4.78 is 52.0. The molecule has 0 spiro atoms. The first-order valence-corrected chi connectivity index (χ1v) is 7.90. The smallest absolute Gasteiger partial charge is 0.454 e. The van der Waals surface area contributed by atoms with Crippen molar-refractivity contribution in [1.82, 2.24) is 4.90 Å². The summed E-state index contributed by atoms with van der Waals surface area (Å²) in [6, 6.07) is 7.16. The van der Waals surface area contributed by atoms with Crippen molar-refractivity contribution < 1.29 is 32.2 Å². The van der Waals surface area contributed by atoms with E-state index in [9.17, 15) is 18.0 Å². The predicted octanol–water partition coefficient (Wildman–Crippen LogP) is 3.61. The summed E-state index contributed by atoms with van der Waals surface area (Å²) in [5, 5.41) is 0. The molecular weight excluding hydrogens is 351 g/mol. The molecular formula is C18H14F3NO4. The molecule has 2 aliphatic rings. The van der Waals surface area contributed by atoms with Gasteiger partial charge in [-0.05, 0) is 35.7 Å². The number of carbonyl (C=O) groups excluding carboxylic acids is 1. The summed E-state index contributed by atoms with van der Waals surface area (Å²) in [5.74, 6) is 0.474. The van der Waals surface area contributed by atoms with Gasteiger partial charge in [-0.25, -0.2) is 0 Å². The average Bonchev–Trinajstić information content (AvgIpc) is 3.04. The molecule has 2 aromatic carbocycles. The standard InChI is InChI=1S/C18H14F3NO4/c1-22-7-6-11-8-13-16(25-9-24-13)14(15(11)17(22)23)10-2-4-12(5-3-10)26-18(19,20)21/h2-5,8H,6-7,9H2,1H3. The highest BCUT2D eigenvalue weighted by Gasteiger charge is 2.33. The highest BCUT2D eigenvalue weighted by Crippen LogP contribution is 2.47. The molecule has 2 aliphatic heterocycles. The van der Waals surface area contributed by atoms with Crippen LogP contribution in [-0.2, 0) is 6.42 Å². The number of ether oxygens (including phenoxy) is 3. The third-order valence-electron chi connectivity index (χ3n) is 4.40. The molecule has 0 aliphatic carbocycles. The van der Waals surface area contributed by atoms with E-state index in [4.69, 9.17) is 9.47 Å². The number of halogens is 3. The fourth-order valence-electron chi connectivity index (χ4n) is 3.22. The Bertz CT molecular complexity index is 877. The van der Waals surface area contributed by atoms with E-state index in [0.29, 0.717) is 41.2 Å². The number of nitrogens with zero attached hydrogens (tertiary/aromatic N) is 1. The van der Waals surface area contributed by atoms with E-state index in [1.54, 1.807) is 18.0 Å². The molecule has 0 aromatic heterocycles. The Hall–Kier alpha value is -2.90. The second-order valence-corrected chi connectivity index (χ2v) is 6.07. The van der Waals surface area contributed by atoms with E-state index < -0.39 is 6.36 Å². The summed E-state index contributed by atoms with van der Waals surface area (Å²) >= 11 is 0. The average molecular weight is 365 g/mol. The van der Waals surface area contributed by atoms with Crippen LogP contribution in [-0.4, -0.2) is 37.6 Å². The fourth-order valence-corrected chi connectivity index (χ4v) is 3.22. The van der Waals surface area contributed by atoms with Crippen LogP contribution in [0.3, 0.4) is 0 Å². The first kappa shape index (κ1) is 16.6. The molecule has 8 heteroatoms. The van der Waals surface area contributed by atoms with E-state index in [1.165, 1.54) is 24.3 Å². The van der Waals surface area contributed by atoms with Crippen molar-refractivity contribution in [2.24, 2.45) is 0 Å². The van der Waals surface area contributed by atoms with Crippen molar-refractivity contribution in [1.29, 1.82) is 0 Å². The van der Waals surface area contributed by atoms with Crippen molar-refractivity contribution in [3.05, 3.63) is 41.5 Å². The molecule has 0 bridgehead atoms. The van der Waals surface area contributed by atoms with Crippen LogP contribution < -0.4 is 14.2 Å². The van der Waals surface area contributed by atoms with Gasteiger partial charge in [-0.1, -0.05) is 12.1 Å². The quantitative estimate of drug-likeness (QED) is 0.816. The van der Waals surface area contributed by atoms with Crippen molar-refractivity contribution in [2.75, 3.05) is 20.4 Å². The zero-order valence-corrected chi connectivity index (χ0v) is 13.7. The van der Waals surface area contributed by atoms with Gasteiger partial charge in [0.25, 0.3) is 5.91 Å². The first-order valence-electron chi connectivity index (χ1n) is 7.90. The maximum absolute atomic E-state index is 12.7. The molecule has 1 amide bonds. The Morgan fingerprint density at radius 2 is 1.85 bits per heavy atom. The van der Waals surface area contributed by atoms with Crippen LogP contribution >= 0.6 is 0 Å². The Labute approximate surface area is 146 Å². The van der Waals surface area contributed by atoms with Gasteiger partial charge in [0, 0.05) is 19.2 Å². The SMILES string of the molecule is CN1CCc2cc3c(c(-c4ccc(OC(F)(F)F)cc4)c2C1=O)OCO3. The van der Waals surface area contributed by atoms with E-state index >= 15 is 0 Å². The number of amides is 1. The number of benzene rings is 2. The molecule has 0 fully saturated rings. The van der Waals surface area contributed by atoms with Gasteiger partial charge < -0.3 is 19.1 Å². The summed E-state index contributed by atoms with van der Waals surface area (Å²) in [6.07, 6.45) is -4.10. The van der Waals surface area contributed by atoms with Gasteiger partial charge in [0.2, 0.25) is 6.79 Å². The Balaban J connectivity index is 1.84. The van der Waals surface area contributed by atoms with Gasteiger partial charge in [0.1, 0.15) is 5.75 Å². The zero-order valence-electron chi connectivity index (χ0n) is 13.7. The lowest BCUT2D eigenvalue weighted by molar-refractivity contribution is -0.274. The van der Waals surface area contributed by atoms with Gasteiger partial charge >= 0.3 is 6.36 Å². The summed E-state index contributed by atoms with van der Waals surface area (Å²) in [5.41, 5.74) is 2.42. The molecule has 0 atom stereocenters. The molecule has 0 saturated heterocycles. The molecule has 5 nitrogen and oxygen atoms in total. The number of carbonyl (C=O) groups is 1. The molecule has 0 radical (unpaired) electrons. The molecule has 0 unspecified atom stereocenters. The number of likely N-dealkylation sites (N-methyl/N-ethyl adjacent to an activating group) is 1. The lowest BCUT2D eigenvalue weighted by Crippen LogP contribution is -2.34. The van der Waals surface area contributed by atoms with E-state index in [-0.39, 0.29) is 18.4 Å². The van der Waals surface area contributed by atoms with Crippen LogP contribution in [0, 0.1) is 0 Å². The zero-order chi connectivity index (χ0) is 18.5. The lowest BCUT2D eigenvalue weighted by atomic mass is 9.89. The van der Waals surface area contributed by atoms with E-state index in [0.717, 1.165) is 5.56 Å². The van der Waals surface area contributed by atoms with Crippen LogP contribution in [0.4, 0.5) is 13.2 Å². The largest absolute Gasteiger partial charge is 0.573 e. The summed E-state index contributed by atoms with van der Waals surface area (Å²) in [7, 11) is 1.71. The third kappa shape index (κ3) is 2.81. The molecule has 0 saturated carbocycles. The minimum absolute atomic E-state index is 0.0323. The predicted molar refractivity (Wildman–Crippen MR) is 85.3 cm³/mol. The van der Waals surface area contributed by atoms with Crippen molar-refractivity contribution in [3.63, 3.8) is 0 Å². The molecule has 26 heavy (non-hydrogen) atoms. The molecule has 136 valence electrons. The lowest BCUT2D eigenvalue weighted by Gasteiger charge is -2.27. The molecule has 0 N–H and O–H groups in total. The Morgan fingerprint density at radius 1 is 1.12 bits per heavy atom. The third-order valence-corrected chi connectivity index (χ3v) is 4.40. The van der Waals surface area contributed by atoms with Crippen LogP contribution in [0.5, 0.6) is 17.2 Å². The van der Waals surface area contributed by atoms with E-state index in [2.05, 4.69) is 4.74 Å². The van der Waals surface area contributed by atoms with Crippen molar-refractivity contribution in [2.45, 2.75) is 12.8 Å². The number of hydrogen-bond acceptors (Lipinski definition) is 4. The number of rotatable bonds is 2. The van der Waals surface area contributed by atoms with Crippen molar-refractivity contribution in [3.8, 4) is 28.4 Å². The second kappa shape index (κ2) is 5.82. The normalized spacial score (nSPS) is 15.8. The number of hydrogen-bond donors (Lipinski definition) is 0. The maximum atomic E-state index is 12.7. The molecule has 2 aromatic rings. The van der Waals surface area contributed by atoms with Crippen molar-refractivity contribution >= 4 is 5.91 Å². The fraction of sp³-hybridized carbons (Fsp3) is 0.278. The molecule has 4 rings (SSSR count). The monoisotopic (exact) mass is 365 g/mol. The van der Waals surface area contributed by atoms with Gasteiger partial charge in [0.05, 0.1) is 5.56 Å².